The molecule has 1 fully saturated rings. The zero-order chi connectivity index (χ0) is 23.0. The summed E-state index contributed by atoms with van der Waals surface area (Å²) in [6.45, 7) is 8.84. The molecule has 2 aliphatic rings. The second-order valence-corrected chi connectivity index (χ2v) is 9.20. The van der Waals surface area contributed by atoms with Crippen molar-refractivity contribution >= 4 is 11.7 Å². The van der Waals surface area contributed by atoms with Crippen LogP contribution in [-0.4, -0.2) is 52.2 Å². The van der Waals surface area contributed by atoms with E-state index in [1.54, 1.807) is 6.92 Å². The van der Waals surface area contributed by atoms with Gasteiger partial charge in [-0.15, -0.1) is 0 Å². The molecule has 0 aliphatic carbocycles. The van der Waals surface area contributed by atoms with Gasteiger partial charge < -0.3 is 15.0 Å². The molecule has 174 valence electrons. The van der Waals surface area contributed by atoms with Crippen molar-refractivity contribution in [3.05, 3.63) is 41.1 Å². The highest BCUT2D eigenvalue weighted by atomic mass is 19.3. The average molecular weight is 447 g/mol. The number of anilines is 1. The molecule has 0 radical (unpaired) electrons. The fourth-order valence-corrected chi connectivity index (χ4v) is 4.84. The van der Waals surface area contributed by atoms with E-state index in [0.717, 1.165) is 24.1 Å². The van der Waals surface area contributed by atoms with Gasteiger partial charge in [-0.1, -0.05) is 6.07 Å². The third-order valence-corrected chi connectivity index (χ3v) is 6.77. The molecule has 1 aromatic heterocycles. The number of rotatable bonds is 5. The minimum absolute atomic E-state index is 0.0602. The van der Waals surface area contributed by atoms with Crippen LogP contribution in [0.1, 0.15) is 49.0 Å². The summed E-state index contributed by atoms with van der Waals surface area (Å²) in [5.74, 6) is 1.36. The molecule has 0 spiro atoms. The first kappa shape index (κ1) is 22.6. The maximum Gasteiger partial charge on any atom is 0.263 e. The second kappa shape index (κ2) is 9.08. The summed E-state index contributed by atoms with van der Waals surface area (Å²) in [7, 11) is 0. The molecule has 8 heteroatoms. The number of aryl methyl sites for hydroxylation is 3. The summed E-state index contributed by atoms with van der Waals surface area (Å²) in [5.41, 5.74) is 3.01. The highest BCUT2D eigenvalue weighted by molar-refractivity contribution is 5.81. The van der Waals surface area contributed by atoms with Crippen LogP contribution in [0.5, 0.6) is 5.75 Å². The highest BCUT2D eigenvalue weighted by Gasteiger charge is 2.39. The van der Waals surface area contributed by atoms with Crippen LogP contribution in [0.4, 0.5) is 14.6 Å². The summed E-state index contributed by atoms with van der Waals surface area (Å²) >= 11 is 0. The van der Waals surface area contributed by atoms with Gasteiger partial charge in [-0.3, -0.25) is 4.79 Å². The zero-order valence-electron chi connectivity index (χ0n) is 19.1. The summed E-state index contributed by atoms with van der Waals surface area (Å²) in [6.07, 6.45) is -1.04. The van der Waals surface area contributed by atoms with Crippen molar-refractivity contribution in [3.8, 4) is 5.75 Å². The van der Waals surface area contributed by atoms with Gasteiger partial charge in [0, 0.05) is 25.2 Å². The molecule has 1 amide bonds. The van der Waals surface area contributed by atoms with Crippen molar-refractivity contribution in [2.24, 2.45) is 5.92 Å². The van der Waals surface area contributed by atoms with E-state index in [9.17, 15) is 13.6 Å². The van der Waals surface area contributed by atoms with E-state index in [-0.39, 0.29) is 17.9 Å². The number of nitrogens with zero attached hydrogens (tertiary/aromatic N) is 3. The number of aromatic nitrogens is 2. The number of amides is 1. The standard InChI is InChI=1S/C24H32F2N4O2/c1-14-7-8-19(10-15(14)2)32-17(4)24(31)29-9-5-6-18(13-29)20-12-21(23(25)26)30-22(27-20)11-16(3)28-30/h7-8,10-11,17-18,20-21,23,27H,5-6,9,12-13H2,1-4H3/t17-,18+,20-,21+/m0/s1. The minimum atomic E-state index is -2.48. The van der Waals surface area contributed by atoms with E-state index >= 15 is 0 Å². The Morgan fingerprint density at radius 3 is 2.72 bits per heavy atom. The molecule has 32 heavy (non-hydrogen) atoms. The van der Waals surface area contributed by atoms with Crippen molar-refractivity contribution in [1.82, 2.24) is 14.7 Å². The molecule has 0 saturated carbocycles. The van der Waals surface area contributed by atoms with Crippen LogP contribution >= 0.6 is 0 Å². The van der Waals surface area contributed by atoms with E-state index in [1.807, 2.05) is 49.9 Å². The van der Waals surface area contributed by atoms with Gasteiger partial charge in [0.2, 0.25) is 0 Å². The zero-order valence-corrected chi connectivity index (χ0v) is 19.1. The molecule has 4 atom stereocenters. The Morgan fingerprint density at radius 1 is 1.22 bits per heavy atom. The molecule has 4 rings (SSSR count). The maximum absolute atomic E-state index is 13.8. The molecule has 1 saturated heterocycles. The Kier molecular flexibility index (Phi) is 6.40. The normalized spacial score (nSPS) is 24.1. The lowest BCUT2D eigenvalue weighted by Gasteiger charge is -2.41. The molecule has 6 nitrogen and oxygen atoms in total. The first-order chi connectivity index (χ1) is 15.2. The number of hydrogen-bond donors (Lipinski definition) is 1. The second-order valence-electron chi connectivity index (χ2n) is 9.20. The molecule has 1 N–H and O–H groups in total. The van der Waals surface area contributed by atoms with Gasteiger partial charge in [-0.05, 0) is 76.1 Å². The number of carbonyl (C=O) groups excluding carboxylic acids is 1. The SMILES string of the molecule is Cc1cc2n(n1)[C@@H](C(F)F)C[C@@H]([C@@H]1CCCN(C(=O)[C@H](C)Oc3ccc(C)c(C)c3)C1)N2. The van der Waals surface area contributed by atoms with Crippen molar-refractivity contribution < 1.29 is 18.3 Å². The van der Waals surface area contributed by atoms with Crippen LogP contribution in [0, 0.1) is 26.7 Å². The fraction of sp³-hybridized carbons (Fsp3) is 0.583. The molecule has 2 aliphatic heterocycles. The number of hydrogen-bond acceptors (Lipinski definition) is 4. The Labute approximate surface area is 187 Å². The molecular weight excluding hydrogens is 414 g/mol. The summed E-state index contributed by atoms with van der Waals surface area (Å²) in [6, 6.07) is 6.56. The Morgan fingerprint density at radius 2 is 2.00 bits per heavy atom. The topological polar surface area (TPSA) is 59.4 Å². The number of piperidine rings is 1. The Bertz CT molecular complexity index is 977. The predicted octanol–water partition coefficient (Wildman–Crippen LogP) is 4.50. The van der Waals surface area contributed by atoms with Crippen molar-refractivity contribution in [1.29, 1.82) is 0 Å². The fourth-order valence-electron chi connectivity index (χ4n) is 4.84. The van der Waals surface area contributed by atoms with E-state index in [0.29, 0.717) is 31.1 Å². The lowest BCUT2D eigenvalue weighted by Crippen LogP contribution is -2.50. The lowest BCUT2D eigenvalue weighted by atomic mass is 9.86. The van der Waals surface area contributed by atoms with E-state index in [1.165, 1.54) is 10.2 Å². The van der Waals surface area contributed by atoms with Crippen molar-refractivity contribution in [2.75, 3.05) is 18.4 Å². The van der Waals surface area contributed by atoms with Crippen LogP contribution in [-0.2, 0) is 4.79 Å². The van der Waals surface area contributed by atoms with Gasteiger partial charge in [0.05, 0.1) is 5.69 Å². The number of likely N-dealkylation sites (tertiary alicyclic amines) is 1. The van der Waals surface area contributed by atoms with Crippen LogP contribution in [0.25, 0.3) is 0 Å². The van der Waals surface area contributed by atoms with Crippen LogP contribution < -0.4 is 10.1 Å². The number of fused-ring (bicyclic) bond motifs is 1. The minimum Gasteiger partial charge on any atom is -0.481 e. The molecule has 0 bridgehead atoms. The van der Waals surface area contributed by atoms with Gasteiger partial charge in [-0.2, -0.15) is 5.10 Å². The van der Waals surface area contributed by atoms with Crippen molar-refractivity contribution in [3.63, 3.8) is 0 Å². The number of alkyl halides is 2. The van der Waals surface area contributed by atoms with Gasteiger partial charge in [-0.25, -0.2) is 13.5 Å². The maximum atomic E-state index is 13.8. The summed E-state index contributed by atoms with van der Waals surface area (Å²) in [5, 5.41) is 7.65. The highest BCUT2D eigenvalue weighted by Crippen LogP contribution is 2.36. The molecule has 3 heterocycles. The van der Waals surface area contributed by atoms with Gasteiger partial charge in [0.1, 0.15) is 17.6 Å². The quantitative estimate of drug-likeness (QED) is 0.735. The molecule has 1 aromatic carbocycles. The third kappa shape index (κ3) is 4.59. The summed E-state index contributed by atoms with van der Waals surface area (Å²) < 4.78 is 34.8. The molecular formula is C24H32F2N4O2. The smallest absolute Gasteiger partial charge is 0.263 e. The van der Waals surface area contributed by atoms with E-state index in [4.69, 9.17) is 4.74 Å². The van der Waals surface area contributed by atoms with E-state index < -0.39 is 18.6 Å². The Hall–Kier alpha value is -2.64. The monoisotopic (exact) mass is 446 g/mol. The summed E-state index contributed by atoms with van der Waals surface area (Å²) in [4.78, 5) is 14.9. The predicted molar refractivity (Wildman–Crippen MR) is 119 cm³/mol. The first-order valence-corrected chi connectivity index (χ1v) is 11.4. The largest absolute Gasteiger partial charge is 0.481 e. The number of ether oxygens (including phenoxy) is 1. The van der Waals surface area contributed by atoms with Crippen molar-refractivity contribution in [2.45, 2.75) is 71.6 Å². The van der Waals surface area contributed by atoms with Crippen LogP contribution in [0.2, 0.25) is 0 Å². The molecule has 0 unspecified atom stereocenters. The van der Waals surface area contributed by atoms with Crippen LogP contribution in [0.3, 0.4) is 0 Å². The number of nitrogens with one attached hydrogen (secondary N) is 1. The lowest BCUT2D eigenvalue weighted by molar-refractivity contribution is -0.140. The van der Waals surface area contributed by atoms with Gasteiger partial charge in [0.25, 0.3) is 12.3 Å². The third-order valence-electron chi connectivity index (χ3n) is 6.77. The van der Waals surface area contributed by atoms with E-state index in [2.05, 4.69) is 10.4 Å². The van der Waals surface area contributed by atoms with Crippen LogP contribution in [0.15, 0.2) is 24.3 Å². The van der Waals surface area contributed by atoms with Gasteiger partial charge >= 0.3 is 0 Å². The molecule has 2 aromatic rings. The number of carbonyl (C=O) groups is 1. The Balaban J connectivity index is 1.42. The number of halogens is 2. The number of benzene rings is 1. The average Bonchev–Trinajstić information content (AvgIpc) is 3.15. The first-order valence-electron chi connectivity index (χ1n) is 11.4. The van der Waals surface area contributed by atoms with Gasteiger partial charge in [0.15, 0.2) is 6.10 Å².